The highest BCUT2D eigenvalue weighted by Crippen LogP contribution is 2.29. The second-order valence-corrected chi connectivity index (χ2v) is 6.31. The summed E-state index contributed by atoms with van der Waals surface area (Å²) in [5.41, 5.74) is 1.91. The van der Waals surface area contributed by atoms with Gasteiger partial charge in [0.2, 0.25) is 0 Å². The van der Waals surface area contributed by atoms with Gasteiger partial charge in [-0.25, -0.2) is 4.98 Å². The van der Waals surface area contributed by atoms with Gasteiger partial charge in [-0.15, -0.1) is 22.7 Å². The summed E-state index contributed by atoms with van der Waals surface area (Å²) in [6.07, 6.45) is 6.47. The van der Waals surface area contributed by atoms with Crippen molar-refractivity contribution >= 4 is 22.7 Å². The van der Waals surface area contributed by atoms with E-state index >= 15 is 0 Å². The molecule has 0 aliphatic carbocycles. The molecule has 1 atom stereocenters. The van der Waals surface area contributed by atoms with E-state index in [-0.39, 0.29) is 0 Å². The lowest BCUT2D eigenvalue weighted by molar-refractivity contribution is 0.201. The zero-order valence-corrected chi connectivity index (χ0v) is 11.2. The first kappa shape index (κ1) is 11.3. The van der Waals surface area contributed by atoms with Gasteiger partial charge in [0.25, 0.3) is 0 Å². The van der Waals surface area contributed by atoms with E-state index in [2.05, 4.69) is 20.2 Å². The number of hydrogen-bond donors (Lipinski definition) is 0. The van der Waals surface area contributed by atoms with Gasteiger partial charge >= 0.3 is 0 Å². The molecule has 3 rings (SSSR count). The molecule has 0 spiro atoms. The summed E-state index contributed by atoms with van der Waals surface area (Å²) in [4.78, 5) is 12.5. The summed E-state index contributed by atoms with van der Waals surface area (Å²) in [7, 11) is 0. The van der Waals surface area contributed by atoms with Crippen LogP contribution in [0.2, 0.25) is 0 Å². The van der Waals surface area contributed by atoms with Crippen LogP contribution in [0.4, 0.5) is 0 Å². The monoisotopic (exact) mass is 265 g/mol. The van der Waals surface area contributed by atoms with Crippen molar-refractivity contribution < 1.29 is 0 Å². The third-order valence-corrected chi connectivity index (χ3v) is 4.87. The first-order valence-corrected chi connectivity index (χ1v) is 7.67. The minimum absolute atomic E-state index is 0.636. The third kappa shape index (κ3) is 2.73. The van der Waals surface area contributed by atoms with Gasteiger partial charge in [0.05, 0.1) is 10.5 Å². The number of nitrogens with zero attached hydrogens (tertiary/aromatic N) is 3. The van der Waals surface area contributed by atoms with Gasteiger partial charge in [-0.05, 0) is 19.4 Å². The molecule has 17 heavy (non-hydrogen) atoms. The highest BCUT2D eigenvalue weighted by molar-refractivity contribution is 7.09. The van der Waals surface area contributed by atoms with Crippen molar-refractivity contribution in [2.45, 2.75) is 25.3 Å². The smallest absolute Gasteiger partial charge is 0.0968 e. The predicted octanol–water partition coefficient (Wildman–Crippen LogP) is 2.98. The molecule has 3 heterocycles. The van der Waals surface area contributed by atoms with E-state index in [4.69, 9.17) is 0 Å². The zero-order valence-electron chi connectivity index (χ0n) is 9.58. The van der Waals surface area contributed by atoms with Crippen LogP contribution in [0.3, 0.4) is 0 Å². The second kappa shape index (κ2) is 5.25. The van der Waals surface area contributed by atoms with E-state index < -0.39 is 0 Å². The van der Waals surface area contributed by atoms with E-state index in [0.29, 0.717) is 5.92 Å². The summed E-state index contributed by atoms with van der Waals surface area (Å²) in [5, 5.41) is 3.39. The lowest BCUT2D eigenvalue weighted by Gasteiger charge is -2.31. The molecule has 0 aromatic carbocycles. The molecule has 0 unspecified atom stereocenters. The number of rotatable bonds is 3. The van der Waals surface area contributed by atoms with Crippen LogP contribution >= 0.6 is 22.7 Å². The standard InChI is InChI=1S/C12H15N3S2/c1-2-10(12-14-3-5-16-12)7-15(4-1)8-11-6-13-9-17-11/h3,5-6,9-10H,1-2,4,7-8H2/t10-/m1/s1. The Bertz CT molecular complexity index is 438. The molecule has 90 valence electrons. The van der Waals surface area contributed by atoms with Gasteiger partial charge in [-0.1, -0.05) is 0 Å². The summed E-state index contributed by atoms with van der Waals surface area (Å²) in [5.74, 6) is 0.636. The largest absolute Gasteiger partial charge is 0.298 e. The second-order valence-electron chi connectivity index (χ2n) is 4.41. The van der Waals surface area contributed by atoms with E-state index in [1.807, 2.05) is 17.9 Å². The molecule has 0 N–H and O–H groups in total. The topological polar surface area (TPSA) is 29.0 Å². The number of piperidine rings is 1. The molecule has 3 nitrogen and oxygen atoms in total. The van der Waals surface area contributed by atoms with Crippen LogP contribution in [0, 0.1) is 0 Å². The molecule has 1 aliphatic rings. The maximum absolute atomic E-state index is 4.45. The van der Waals surface area contributed by atoms with Crippen molar-refractivity contribution in [3.8, 4) is 0 Å². The normalized spacial score (nSPS) is 21.8. The van der Waals surface area contributed by atoms with E-state index in [1.165, 1.54) is 29.3 Å². The quantitative estimate of drug-likeness (QED) is 0.854. The first-order valence-electron chi connectivity index (χ1n) is 5.91. The molecule has 5 heteroatoms. The van der Waals surface area contributed by atoms with Crippen molar-refractivity contribution in [1.29, 1.82) is 0 Å². The lowest BCUT2D eigenvalue weighted by Crippen LogP contribution is -2.33. The Balaban J connectivity index is 1.64. The van der Waals surface area contributed by atoms with Crippen LogP contribution in [0.25, 0.3) is 0 Å². The number of thiazole rings is 2. The van der Waals surface area contributed by atoms with Crippen molar-refractivity contribution in [3.63, 3.8) is 0 Å². The molecule has 0 amide bonds. The summed E-state index contributed by atoms with van der Waals surface area (Å²) >= 11 is 3.54. The first-order chi connectivity index (χ1) is 8.42. The Labute approximate surface area is 109 Å². The Kier molecular flexibility index (Phi) is 3.49. The average molecular weight is 265 g/mol. The Morgan fingerprint density at radius 2 is 2.41 bits per heavy atom. The van der Waals surface area contributed by atoms with E-state index in [9.17, 15) is 0 Å². The molecule has 2 aromatic heterocycles. The number of likely N-dealkylation sites (tertiary alicyclic amines) is 1. The molecular formula is C12H15N3S2. The SMILES string of the molecule is c1csc([C@@H]2CCCN(Cc3cncs3)C2)n1. The minimum Gasteiger partial charge on any atom is -0.298 e. The van der Waals surface area contributed by atoms with Crippen LogP contribution in [-0.2, 0) is 6.54 Å². The van der Waals surface area contributed by atoms with Crippen molar-refractivity contribution in [1.82, 2.24) is 14.9 Å². The van der Waals surface area contributed by atoms with Crippen LogP contribution in [0.1, 0.15) is 28.6 Å². The van der Waals surface area contributed by atoms with Gasteiger partial charge in [-0.2, -0.15) is 0 Å². The third-order valence-electron chi connectivity index (χ3n) is 3.17. The van der Waals surface area contributed by atoms with Crippen molar-refractivity contribution in [3.05, 3.63) is 33.2 Å². The van der Waals surface area contributed by atoms with Gasteiger partial charge in [0.1, 0.15) is 0 Å². The van der Waals surface area contributed by atoms with Gasteiger partial charge in [0.15, 0.2) is 0 Å². The molecular weight excluding hydrogens is 250 g/mol. The fourth-order valence-electron chi connectivity index (χ4n) is 2.38. The van der Waals surface area contributed by atoms with Crippen LogP contribution in [-0.4, -0.2) is 28.0 Å². The predicted molar refractivity (Wildman–Crippen MR) is 71.5 cm³/mol. The van der Waals surface area contributed by atoms with E-state index in [1.54, 1.807) is 22.7 Å². The number of hydrogen-bond acceptors (Lipinski definition) is 5. The van der Waals surface area contributed by atoms with Gasteiger partial charge < -0.3 is 0 Å². The summed E-state index contributed by atoms with van der Waals surface area (Å²) in [6, 6.07) is 0. The fourth-order valence-corrected chi connectivity index (χ4v) is 3.78. The molecule has 1 saturated heterocycles. The Morgan fingerprint density at radius 1 is 1.41 bits per heavy atom. The Morgan fingerprint density at radius 3 is 3.18 bits per heavy atom. The number of aromatic nitrogens is 2. The average Bonchev–Trinajstić information content (AvgIpc) is 3.01. The molecule has 0 bridgehead atoms. The highest BCUT2D eigenvalue weighted by atomic mass is 32.1. The summed E-state index contributed by atoms with van der Waals surface area (Å²) in [6.45, 7) is 3.40. The minimum atomic E-state index is 0.636. The fraction of sp³-hybridized carbons (Fsp3) is 0.500. The summed E-state index contributed by atoms with van der Waals surface area (Å²) < 4.78 is 0. The maximum atomic E-state index is 4.45. The van der Waals surface area contributed by atoms with Crippen LogP contribution in [0.15, 0.2) is 23.3 Å². The van der Waals surface area contributed by atoms with Crippen LogP contribution < -0.4 is 0 Å². The highest BCUT2D eigenvalue weighted by Gasteiger charge is 2.23. The molecule has 1 aliphatic heterocycles. The van der Waals surface area contributed by atoms with Crippen LogP contribution in [0.5, 0.6) is 0 Å². The van der Waals surface area contributed by atoms with Gasteiger partial charge in [-0.3, -0.25) is 9.88 Å². The zero-order chi connectivity index (χ0) is 11.5. The molecule has 1 fully saturated rings. The van der Waals surface area contributed by atoms with Crippen molar-refractivity contribution in [2.24, 2.45) is 0 Å². The molecule has 0 saturated carbocycles. The lowest BCUT2D eigenvalue weighted by atomic mass is 9.99. The van der Waals surface area contributed by atoms with Gasteiger partial charge in [0, 0.05) is 41.7 Å². The van der Waals surface area contributed by atoms with Crippen molar-refractivity contribution in [2.75, 3.05) is 13.1 Å². The molecule has 2 aromatic rings. The maximum Gasteiger partial charge on any atom is 0.0968 e. The van der Waals surface area contributed by atoms with E-state index in [0.717, 1.165) is 13.1 Å². The Hall–Kier alpha value is -0.780. The molecule has 0 radical (unpaired) electrons.